The van der Waals surface area contributed by atoms with E-state index in [0.29, 0.717) is 42.4 Å². The van der Waals surface area contributed by atoms with E-state index in [2.05, 4.69) is 18.0 Å². The molecular formula is C31H32ClNO4. The molecule has 2 aromatic carbocycles. The van der Waals surface area contributed by atoms with Gasteiger partial charge in [-0.25, -0.2) is 0 Å². The minimum absolute atomic E-state index is 0.117. The number of carbonyl (C=O) groups excluding carboxylic acids is 2. The Labute approximate surface area is 223 Å². The van der Waals surface area contributed by atoms with Gasteiger partial charge in [-0.3, -0.25) is 9.59 Å². The van der Waals surface area contributed by atoms with Gasteiger partial charge >= 0.3 is 0 Å². The molecule has 192 valence electrons. The van der Waals surface area contributed by atoms with Crippen molar-refractivity contribution >= 4 is 23.2 Å². The topological polar surface area (TPSA) is 64.6 Å². The van der Waals surface area contributed by atoms with Gasteiger partial charge in [-0.1, -0.05) is 41.9 Å². The van der Waals surface area contributed by atoms with Crippen molar-refractivity contribution < 1.29 is 19.1 Å². The van der Waals surface area contributed by atoms with Crippen LogP contribution in [0.3, 0.4) is 0 Å². The highest BCUT2D eigenvalue weighted by atomic mass is 35.5. The Morgan fingerprint density at radius 2 is 1.65 bits per heavy atom. The summed E-state index contributed by atoms with van der Waals surface area (Å²) in [6, 6.07) is 11.6. The Morgan fingerprint density at radius 1 is 0.973 bits per heavy atom. The summed E-state index contributed by atoms with van der Waals surface area (Å²) in [7, 11) is 0. The Balaban J connectivity index is 1.63. The van der Waals surface area contributed by atoms with E-state index in [0.717, 1.165) is 64.9 Å². The number of ketones is 2. The van der Waals surface area contributed by atoms with Crippen molar-refractivity contribution in [3.63, 3.8) is 0 Å². The Morgan fingerprint density at radius 3 is 2.27 bits per heavy atom. The normalized spacial score (nSPS) is 17.8. The van der Waals surface area contributed by atoms with Crippen LogP contribution in [0.2, 0.25) is 5.02 Å². The molecular weight excluding hydrogens is 486 g/mol. The molecule has 0 unspecified atom stereocenters. The average molecular weight is 518 g/mol. The molecule has 2 aromatic rings. The van der Waals surface area contributed by atoms with E-state index in [1.165, 1.54) is 0 Å². The number of hydrogen-bond donors (Lipinski definition) is 1. The van der Waals surface area contributed by atoms with Gasteiger partial charge in [-0.15, -0.1) is 6.58 Å². The lowest BCUT2D eigenvalue weighted by Crippen LogP contribution is -2.36. The summed E-state index contributed by atoms with van der Waals surface area (Å²) in [5.74, 6) is 1.06. The molecule has 37 heavy (non-hydrogen) atoms. The molecule has 0 saturated heterocycles. The zero-order valence-corrected chi connectivity index (χ0v) is 22.0. The fraction of sp³-hybridized carbons (Fsp3) is 0.355. The molecule has 0 atom stereocenters. The largest absolute Gasteiger partial charge is 0.490 e. The fourth-order valence-electron chi connectivity index (χ4n) is 5.67. The van der Waals surface area contributed by atoms with Crippen molar-refractivity contribution in [3.8, 4) is 11.5 Å². The van der Waals surface area contributed by atoms with E-state index in [-0.39, 0.29) is 18.2 Å². The van der Waals surface area contributed by atoms with Crippen molar-refractivity contribution in [2.45, 2.75) is 64.4 Å². The van der Waals surface area contributed by atoms with E-state index >= 15 is 0 Å². The molecule has 0 amide bonds. The van der Waals surface area contributed by atoms with E-state index in [1.54, 1.807) is 0 Å². The van der Waals surface area contributed by atoms with Crippen molar-refractivity contribution in [2.24, 2.45) is 0 Å². The van der Waals surface area contributed by atoms with E-state index in [4.69, 9.17) is 21.1 Å². The standard InChI is InChI=1S/C31H32ClNO4/c1-3-9-19-16-21(17-27(36-4-2)31(19)37-18-20-10-5-6-11-22(20)32)28-29-23(12-7-14-25(29)34)33-24-13-8-15-26(35)30(24)28/h3,5-6,10-11,16-17,28,33H,1,4,7-9,12-15,18H2,2H3. The number of halogens is 1. The van der Waals surface area contributed by atoms with Crippen molar-refractivity contribution in [1.82, 2.24) is 5.32 Å². The van der Waals surface area contributed by atoms with Crippen molar-refractivity contribution in [2.75, 3.05) is 6.61 Å². The highest BCUT2D eigenvalue weighted by Crippen LogP contribution is 2.47. The molecule has 0 radical (unpaired) electrons. The summed E-state index contributed by atoms with van der Waals surface area (Å²) < 4.78 is 12.4. The number of benzene rings is 2. The number of ether oxygens (including phenoxy) is 2. The molecule has 5 rings (SSSR count). The summed E-state index contributed by atoms with van der Waals surface area (Å²) in [4.78, 5) is 26.5. The van der Waals surface area contributed by atoms with Crippen LogP contribution in [0.4, 0.5) is 0 Å². The van der Waals surface area contributed by atoms with Crippen LogP contribution in [-0.2, 0) is 22.6 Å². The van der Waals surface area contributed by atoms with Crippen molar-refractivity contribution in [3.05, 3.63) is 93.3 Å². The van der Waals surface area contributed by atoms with Crippen LogP contribution in [0, 0.1) is 0 Å². The Hall–Kier alpha value is -3.31. The molecule has 5 nitrogen and oxygen atoms in total. The summed E-state index contributed by atoms with van der Waals surface area (Å²) in [6.45, 7) is 6.62. The first-order valence-electron chi connectivity index (χ1n) is 13.1. The highest BCUT2D eigenvalue weighted by molar-refractivity contribution is 6.31. The lowest BCUT2D eigenvalue weighted by atomic mass is 9.71. The van der Waals surface area contributed by atoms with Crippen LogP contribution >= 0.6 is 11.6 Å². The SMILES string of the molecule is C=CCc1cc(C2C3=C(CCCC3=O)NC3=C2C(=O)CCC3)cc(OCC)c1OCc1ccccc1Cl. The highest BCUT2D eigenvalue weighted by Gasteiger charge is 2.40. The summed E-state index contributed by atoms with van der Waals surface area (Å²) in [5.41, 5.74) is 6.07. The monoisotopic (exact) mass is 517 g/mol. The smallest absolute Gasteiger partial charge is 0.165 e. The van der Waals surface area contributed by atoms with E-state index in [1.807, 2.05) is 43.3 Å². The van der Waals surface area contributed by atoms with E-state index in [9.17, 15) is 9.59 Å². The van der Waals surface area contributed by atoms with Gasteiger partial charge in [-0.2, -0.15) is 0 Å². The summed E-state index contributed by atoms with van der Waals surface area (Å²) in [6.07, 6.45) is 6.68. The number of allylic oxidation sites excluding steroid dienone is 5. The zero-order valence-electron chi connectivity index (χ0n) is 21.2. The quantitative estimate of drug-likeness (QED) is 0.392. The predicted octanol–water partition coefficient (Wildman–Crippen LogP) is 6.75. The van der Waals surface area contributed by atoms with Crippen LogP contribution in [0.5, 0.6) is 11.5 Å². The average Bonchev–Trinajstić information content (AvgIpc) is 2.88. The van der Waals surface area contributed by atoms with E-state index < -0.39 is 5.92 Å². The molecule has 2 aliphatic carbocycles. The summed E-state index contributed by atoms with van der Waals surface area (Å²) in [5, 5.41) is 4.13. The predicted molar refractivity (Wildman–Crippen MR) is 145 cm³/mol. The minimum Gasteiger partial charge on any atom is -0.490 e. The molecule has 1 heterocycles. The van der Waals surface area contributed by atoms with Crippen LogP contribution in [0.15, 0.2) is 71.6 Å². The van der Waals surface area contributed by atoms with Crippen molar-refractivity contribution in [1.29, 1.82) is 0 Å². The van der Waals surface area contributed by atoms with Gasteiger partial charge in [0.05, 0.1) is 6.61 Å². The molecule has 0 saturated carbocycles. The van der Waals surface area contributed by atoms with Crippen LogP contribution in [-0.4, -0.2) is 18.2 Å². The molecule has 3 aliphatic rings. The van der Waals surface area contributed by atoms with Gasteiger partial charge in [0, 0.05) is 57.4 Å². The maximum Gasteiger partial charge on any atom is 0.165 e. The molecule has 1 N–H and O–H groups in total. The zero-order chi connectivity index (χ0) is 25.9. The third-order valence-corrected chi connectivity index (χ3v) is 7.64. The molecule has 6 heteroatoms. The summed E-state index contributed by atoms with van der Waals surface area (Å²) >= 11 is 6.37. The third-order valence-electron chi connectivity index (χ3n) is 7.27. The fourth-order valence-corrected chi connectivity index (χ4v) is 5.86. The first-order chi connectivity index (χ1) is 18.0. The number of Topliss-reactive ketones (excluding diaryl/α,β-unsaturated/α-hetero) is 2. The first kappa shape index (κ1) is 25.3. The number of rotatable bonds is 8. The van der Waals surface area contributed by atoms with Crippen LogP contribution in [0.25, 0.3) is 0 Å². The van der Waals surface area contributed by atoms with Crippen LogP contribution in [0.1, 0.15) is 68.1 Å². The van der Waals surface area contributed by atoms with Gasteiger partial charge in [-0.05, 0) is 56.7 Å². The molecule has 1 aliphatic heterocycles. The van der Waals surface area contributed by atoms with Gasteiger partial charge in [0.2, 0.25) is 0 Å². The van der Waals surface area contributed by atoms with Crippen LogP contribution < -0.4 is 14.8 Å². The van der Waals surface area contributed by atoms with Gasteiger partial charge in [0.15, 0.2) is 23.1 Å². The number of carbonyl (C=O) groups is 2. The number of dihydropyridines is 1. The first-order valence-corrected chi connectivity index (χ1v) is 13.5. The lowest BCUT2D eigenvalue weighted by molar-refractivity contribution is -0.117. The minimum atomic E-state index is -0.396. The van der Waals surface area contributed by atoms with Gasteiger partial charge < -0.3 is 14.8 Å². The Kier molecular flexibility index (Phi) is 7.52. The lowest BCUT2D eigenvalue weighted by Gasteiger charge is -2.37. The van der Waals surface area contributed by atoms with Gasteiger partial charge in [0.1, 0.15) is 6.61 Å². The Bertz CT molecular complexity index is 1280. The second kappa shape index (κ2) is 11.0. The van der Waals surface area contributed by atoms with Gasteiger partial charge in [0.25, 0.3) is 0 Å². The number of nitrogens with one attached hydrogen (secondary N) is 1. The number of hydrogen-bond acceptors (Lipinski definition) is 5. The molecule has 0 aromatic heterocycles. The second-order valence-electron chi connectivity index (χ2n) is 9.71. The molecule has 0 spiro atoms. The second-order valence-corrected chi connectivity index (χ2v) is 10.1. The molecule has 0 fully saturated rings. The maximum atomic E-state index is 13.3. The third kappa shape index (κ3) is 4.97. The maximum absolute atomic E-state index is 13.3. The molecule has 0 bridgehead atoms.